The Hall–Kier alpha value is -3.21. The van der Waals surface area contributed by atoms with Gasteiger partial charge in [0.25, 0.3) is 0 Å². The summed E-state index contributed by atoms with van der Waals surface area (Å²) in [5.41, 5.74) is 3.60. The molecule has 0 aliphatic carbocycles. The third-order valence-electron chi connectivity index (χ3n) is 3.72. The van der Waals surface area contributed by atoms with Crippen molar-refractivity contribution in [1.82, 2.24) is 4.98 Å². The molecule has 1 heterocycles. The number of carboxylic acid groups (broad SMARTS) is 1. The van der Waals surface area contributed by atoms with Gasteiger partial charge in [0.15, 0.2) is 0 Å². The van der Waals surface area contributed by atoms with E-state index in [9.17, 15) is 9.18 Å². The largest absolute Gasteiger partial charge is 0.512 e. The number of halogens is 1. The van der Waals surface area contributed by atoms with Crippen LogP contribution in [0, 0.1) is 12.7 Å². The van der Waals surface area contributed by atoms with Crippen molar-refractivity contribution in [2.75, 3.05) is 0 Å². The standard InChI is InChI=1S/C19H14FNO3/c1-12-15(10-11-21-18(12)24-19(22)23)13-6-8-14(9-7-13)16-4-2-3-5-17(16)20/h2-11H,1H3,(H,22,23). The van der Waals surface area contributed by atoms with Crippen LogP contribution in [0.25, 0.3) is 22.3 Å². The minimum absolute atomic E-state index is 0.0539. The molecule has 0 unspecified atom stereocenters. The average molecular weight is 323 g/mol. The highest BCUT2D eigenvalue weighted by Gasteiger charge is 2.12. The summed E-state index contributed by atoms with van der Waals surface area (Å²) in [6.45, 7) is 1.74. The summed E-state index contributed by atoms with van der Waals surface area (Å²) >= 11 is 0. The maximum absolute atomic E-state index is 13.9. The van der Waals surface area contributed by atoms with Gasteiger partial charge in [0.2, 0.25) is 5.88 Å². The van der Waals surface area contributed by atoms with Crippen LogP contribution in [0.2, 0.25) is 0 Å². The van der Waals surface area contributed by atoms with E-state index >= 15 is 0 Å². The third-order valence-corrected chi connectivity index (χ3v) is 3.72. The van der Waals surface area contributed by atoms with Crippen LogP contribution < -0.4 is 4.74 Å². The molecule has 0 fully saturated rings. The molecule has 0 atom stereocenters. The molecule has 1 N–H and O–H groups in total. The Balaban J connectivity index is 1.97. The Morgan fingerprint density at radius 2 is 1.62 bits per heavy atom. The minimum atomic E-state index is -1.40. The average Bonchev–Trinajstić information content (AvgIpc) is 2.57. The number of nitrogens with zero attached hydrogens (tertiary/aromatic N) is 1. The SMILES string of the molecule is Cc1c(-c2ccc(-c3ccccc3F)cc2)ccnc1OC(=O)O. The molecule has 0 saturated heterocycles. The molecule has 2 aromatic carbocycles. The predicted molar refractivity (Wildman–Crippen MR) is 88.5 cm³/mol. The molecule has 0 saturated carbocycles. The van der Waals surface area contributed by atoms with Gasteiger partial charge in [-0.2, -0.15) is 0 Å². The molecular weight excluding hydrogens is 309 g/mol. The zero-order valence-electron chi connectivity index (χ0n) is 12.9. The van der Waals surface area contributed by atoms with Gasteiger partial charge in [0.1, 0.15) is 5.82 Å². The van der Waals surface area contributed by atoms with Gasteiger partial charge in [0.05, 0.1) is 0 Å². The van der Waals surface area contributed by atoms with Gasteiger partial charge in [-0.05, 0) is 35.7 Å². The van der Waals surface area contributed by atoms with Crippen molar-refractivity contribution in [3.05, 3.63) is 72.2 Å². The van der Waals surface area contributed by atoms with E-state index in [4.69, 9.17) is 5.11 Å². The van der Waals surface area contributed by atoms with E-state index in [1.807, 2.05) is 24.3 Å². The number of pyridine rings is 1. The normalized spacial score (nSPS) is 10.4. The van der Waals surface area contributed by atoms with Crippen LogP contribution in [0.1, 0.15) is 5.56 Å². The fourth-order valence-corrected chi connectivity index (χ4v) is 2.54. The Morgan fingerprint density at radius 3 is 2.25 bits per heavy atom. The fourth-order valence-electron chi connectivity index (χ4n) is 2.54. The molecule has 0 aliphatic heterocycles. The van der Waals surface area contributed by atoms with Crippen molar-refractivity contribution >= 4 is 6.16 Å². The van der Waals surface area contributed by atoms with Crippen LogP contribution in [0.3, 0.4) is 0 Å². The molecule has 24 heavy (non-hydrogen) atoms. The number of rotatable bonds is 3. The molecule has 0 spiro atoms. The lowest BCUT2D eigenvalue weighted by atomic mass is 9.98. The summed E-state index contributed by atoms with van der Waals surface area (Å²) in [5, 5.41) is 8.74. The second kappa shape index (κ2) is 6.50. The van der Waals surface area contributed by atoms with E-state index in [0.717, 1.165) is 16.7 Å². The topological polar surface area (TPSA) is 59.4 Å². The second-order valence-electron chi connectivity index (χ2n) is 5.21. The highest BCUT2D eigenvalue weighted by molar-refractivity contribution is 5.74. The summed E-state index contributed by atoms with van der Waals surface area (Å²) in [7, 11) is 0. The Labute approximate surface area is 138 Å². The van der Waals surface area contributed by atoms with Gasteiger partial charge in [-0.25, -0.2) is 14.2 Å². The highest BCUT2D eigenvalue weighted by Crippen LogP contribution is 2.30. The van der Waals surface area contributed by atoms with Gasteiger partial charge in [-0.15, -0.1) is 0 Å². The molecule has 0 radical (unpaired) electrons. The lowest BCUT2D eigenvalue weighted by Gasteiger charge is -2.10. The first-order valence-electron chi connectivity index (χ1n) is 7.28. The van der Waals surface area contributed by atoms with Crippen molar-refractivity contribution in [3.8, 4) is 28.1 Å². The van der Waals surface area contributed by atoms with Crippen LogP contribution in [0.4, 0.5) is 9.18 Å². The highest BCUT2D eigenvalue weighted by atomic mass is 19.1. The smallest absolute Gasteiger partial charge is 0.449 e. The zero-order valence-corrected chi connectivity index (χ0v) is 12.9. The van der Waals surface area contributed by atoms with Crippen molar-refractivity contribution < 1.29 is 19.0 Å². The van der Waals surface area contributed by atoms with Crippen LogP contribution in [0.5, 0.6) is 5.88 Å². The number of hydrogen-bond donors (Lipinski definition) is 1. The van der Waals surface area contributed by atoms with Gasteiger partial charge in [0, 0.05) is 17.3 Å². The minimum Gasteiger partial charge on any atom is -0.449 e. The van der Waals surface area contributed by atoms with Gasteiger partial charge < -0.3 is 9.84 Å². The monoisotopic (exact) mass is 323 g/mol. The van der Waals surface area contributed by atoms with Crippen molar-refractivity contribution in [1.29, 1.82) is 0 Å². The van der Waals surface area contributed by atoms with Gasteiger partial charge >= 0.3 is 6.16 Å². The van der Waals surface area contributed by atoms with Crippen LogP contribution in [-0.4, -0.2) is 16.2 Å². The Bertz CT molecular complexity index is 891. The lowest BCUT2D eigenvalue weighted by Crippen LogP contribution is -2.06. The summed E-state index contributed by atoms with van der Waals surface area (Å²) in [4.78, 5) is 14.6. The summed E-state index contributed by atoms with van der Waals surface area (Å²) in [6.07, 6.45) is 0.0865. The number of hydrogen-bond acceptors (Lipinski definition) is 3. The molecular formula is C19H14FNO3. The van der Waals surface area contributed by atoms with E-state index in [1.165, 1.54) is 12.3 Å². The van der Waals surface area contributed by atoms with E-state index in [1.54, 1.807) is 31.2 Å². The summed E-state index contributed by atoms with van der Waals surface area (Å²) < 4.78 is 18.5. The van der Waals surface area contributed by atoms with Crippen LogP contribution in [0.15, 0.2) is 60.8 Å². The molecule has 3 aromatic rings. The number of aromatic nitrogens is 1. The van der Waals surface area contributed by atoms with Gasteiger partial charge in [-0.3, -0.25) is 0 Å². The fraction of sp³-hybridized carbons (Fsp3) is 0.0526. The van der Waals surface area contributed by atoms with E-state index in [0.29, 0.717) is 11.1 Å². The molecule has 0 aliphatic rings. The first kappa shape index (κ1) is 15.7. The maximum atomic E-state index is 13.9. The first-order chi connectivity index (χ1) is 11.6. The van der Waals surface area contributed by atoms with Gasteiger partial charge in [-0.1, -0.05) is 42.5 Å². The van der Waals surface area contributed by atoms with E-state index < -0.39 is 6.16 Å². The lowest BCUT2D eigenvalue weighted by molar-refractivity contribution is 0.142. The molecule has 1 aromatic heterocycles. The third kappa shape index (κ3) is 3.10. The quantitative estimate of drug-likeness (QED) is 0.695. The Kier molecular flexibility index (Phi) is 4.24. The molecule has 4 nitrogen and oxygen atoms in total. The number of benzene rings is 2. The summed E-state index contributed by atoms with van der Waals surface area (Å²) in [5.74, 6) is -0.222. The molecule has 120 valence electrons. The number of carbonyl (C=O) groups is 1. The number of ether oxygens (including phenoxy) is 1. The molecule has 0 bridgehead atoms. The second-order valence-corrected chi connectivity index (χ2v) is 5.21. The predicted octanol–water partition coefficient (Wildman–Crippen LogP) is 4.92. The summed E-state index contributed by atoms with van der Waals surface area (Å²) in [6, 6.07) is 15.7. The van der Waals surface area contributed by atoms with Crippen LogP contribution >= 0.6 is 0 Å². The molecule has 0 amide bonds. The Morgan fingerprint density at radius 1 is 1.00 bits per heavy atom. The van der Waals surface area contributed by atoms with E-state index in [-0.39, 0.29) is 11.7 Å². The van der Waals surface area contributed by atoms with Crippen molar-refractivity contribution in [2.45, 2.75) is 6.92 Å². The zero-order chi connectivity index (χ0) is 17.1. The molecule has 5 heteroatoms. The van der Waals surface area contributed by atoms with Crippen molar-refractivity contribution in [2.24, 2.45) is 0 Å². The molecule has 3 rings (SSSR count). The van der Waals surface area contributed by atoms with E-state index in [2.05, 4.69) is 9.72 Å². The maximum Gasteiger partial charge on any atom is 0.512 e. The van der Waals surface area contributed by atoms with Crippen LogP contribution in [-0.2, 0) is 0 Å². The first-order valence-corrected chi connectivity index (χ1v) is 7.28. The van der Waals surface area contributed by atoms with Crippen molar-refractivity contribution in [3.63, 3.8) is 0 Å².